The number of nitrogens with one attached hydrogen (secondary N) is 2. The van der Waals surface area contributed by atoms with Crippen molar-refractivity contribution in [1.82, 2.24) is 15.5 Å². The number of anilines is 1. The molecule has 0 radical (unpaired) electrons. The molecule has 7 nitrogen and oxygen atoms in total. The third-order valence-corrected chi connectivity index (χ3v) is 3.68. The maximum absolute atomic E-state index is 12.7. The van der Waals surface area contributed by atoms with Crippen molar-refractivity contribution in [3.63, 3.8) is 0 Å². The van der Waals surface area contributed by atoms with Crippen LogP contribution < -0.4 is 10.6 Å². The number of hydrogen-bond acceptors (Lipinski definition) is 5. The summed E-state index contributed by atoms with van der Waals surface area (Å²) in [5, 5.41) is 9.24. The summed E-state index contributed by atoms with van der Waals surface area (Å²) in [7, 11) is 0. The Labute approximate surface area is 167 Å². The molecule has 150 valence electrons. The summed E-state index contributed by atoms with van der Waals surface area (Å²) < 4.78 is 42.9. The average molecular weight is 424 g/mol. The molecular formula is C18H13ClF3N5O2. The van der Waals surface area contributed by atoms with Gasteiger partial charge in [0, 0.05) is 11.1 Å². The van der Waals surface area contributed by atoms with E-state index in [0.29, 0.717) is 16.4 Å². The molecule has 0 aliphatic heterocycles. The summed E-state index contributed by atoms with van der Waals surface area (Å²) in [5.41, 5.74) is 0.0303. The van der Waals surface area contributed by atoms with Crippen LogP contribution in [-0.2, 0) is 6.18 Å². The molecule has 0 aliphatic rings. The SMILES string of the molecule is Cc1cc(C(=O)NC(=Nc2cccc(Cl)c2)Nc2ccc(C(F)(F)F)nc2)on1. The van der Waals surface area contributed by atoms with Gasteiger partial charge in [0.2, 0.25) is 11.7 Å². The third kappa shape index (κ3) is 5.55. The highest BCUT2D eigenvalue weighted by molar-refractivity contribution is 6.30. The highest BCUT2D eigenvalue weighted by atomic mass is 35.5. The number of aliphatic imine (C=N–C) groups is 1. The number of nitrogens with zero attached hydrogens (tertiary/aromatic N) is 3. The van der Waals surface area contributed by atoms with Gasteiger partial charge in [0.25, 0.3) is 5.91 Å². The molecule has 1 aromatic carbocycles. The van der Waals surface area contributed by atoms with Crippen LogP contribution in [0.5, 0.6) is 0 Å². The fourth-order valence-corrected chi connectivity index (χ4v) is 2.36. The summed E-state index contributed by atoms with van der Waals surface area (Å²) in [6.07, 6.45) is -3.59. The van der Waals surface area contributed by atoms with E-state index in [4.69, 9.17) is 16.1 Å². The Kier molecular flexibility index (Phi) is 5.83. The predicted molar refractivity (Wildman–Crippen MR) is 100 cm³/mol. The molecule has 3 rings (SSSR count). The Balaban J connectivity index is 1.87. The number of aryl methyl sites for hydroxylation is 1. The maximum atomic E-state index is 12.7. The Morgan fingerprint density at radius 1 is 1.21 bits per heavy atom. The molecule has 0 aliphatic carbocycles. The van der Waals surface area contributed by atoms with Crippen molar-refractivity contribution in [2.75, 3.05) is 5.32 Å². The van der Waals surface area contributed by atoms with Crippen LogP contribution in [0.4, 0.5) is 24.5 Å². The number of pyridine rings is 1. The van der Waals surface area contributed by atoms with E-state index in [0.717, 1.165) is 18.3 Å². The van der Waals surface area contributed by atoms with Crippen molar-refractivity contribution in [3.05, 3.63) is 70.8 Å². The van der Waals surface area contributed by atoms with E-state index in [1.807, 2.05) is 0 Å². The third-order valence-electron chi connectivity index (χ3n) is 3.45. The Hall–Kier alpha value is -3.40. The monoisotopic (exact) mass is 423 g/mol. The van der Waals surface area contributed by atoms with Crippen molar-refractivity contribution in [2.24, 2.45) is 4.99 Å². The maximum Gasteiger partial charge on any atom is 0.433 e. The Morgan fingerprint density at radius 2 is 2.00 bits per heavy atom. The Bertz CT molecular complexity index is 1050. The molecule has 2 heterocycles. The molecule has 0 saturated carbocycles. The predicted octanol–water partition coefficient (Wildman–Crippen LogP) is 4.58. The minimum Gasteiger partial charge on any atom is -0.351 e. The number of benzene rings is 1. The molecular weight excluding hydrogens is 411 g/mol. The van der Waals surface area contributed by atoms with Gasteiger partial charge in [-0.1, -0.05) is 22.8 Å². The number of hydrogen-bond donors (Lipinski definition) is 2. The molecule has 2 N–H and O–H groups in total. The summed E-state index contributed by atoms with van der Waals surface area (Å²) in [6.45, 7) is 1.65. The molecule has 29 heavy (non-hydrogen) atoms. The van der Waals surface area contributed by atoms with Gasteiger partial charge in [-0.15, -0.1) is 0 Å². The van der Waals surface area contributed by atoms with Crippen molar-refractivity contribution in [1.29, 1.82) is 0 Å². The first-order chi connectivity index (χ1) is 13.7. The first-order valence-corrected chi connectivity index (χ1v) is 8.48. The molecule has 3 aromatic rings. The van der Waals surface area contributed by atoms with Gasteiger partial charge in [-0.25, -0.2) is 9.98 Å². The fourth-order valence-electron chi connectivity index (χ4n) is 2.17. The van der Waals surface area contributed by atoms with E-state index < -0.39 is 17.8 Å². The molecule has 0 saturated heterocycles. The number of guanidine groups is 1. The van der Waals surface area contributed by atoms with Gasteiger partial charge in [0.15, 0.2) is 0 Å². The van der Waals surface area contributed by atoms with Crippen LogP contribution in [0.2, 0.25) is 5.02 Å². The van der Waals surface area contributed by atoms with Crippen molar-refractivity contribution >= 4 is 34.8 Å². The van der Waals surface area contributed by atoms with Crippen LogP contribution >= 0.6 is 11.6 Å². The van der Waals surface area contributed by atoms with Gasteiger partial charge in [-0.05, 0) is 37.3 Å². The second-order valence-electron chi connectivity index (χ2n) is 5.78. The summed E-state index contributed by atoms with van der Waals surface area (Å²) >= 11 is 5.94. The van der Waals surface area contributed by atoms with Crippen LogP contribution in [0.1, 0.15) is 21.9 Å². The smallest absolute Gasteiger partial charge is 0.351 e. The highest BCUT2D eigenvalue weighted by Crippen LogP contribution is 2.27. The summed E-state index contributed by atoms with van der Waals surface area (Å²) in [4.78, 5) is 19.9. The molecule has 2 aromatic heterocycles. The van der Waals surface area contributed by atoms with E-state index >= 15 is 0 Å². The standard InChI is InChI=1S/C18H13ClF3N5O2/c1-10-7-14(29-27-10)16(28)26-17(24-12-4-2-3-11(19)8-12)25-13-5-6-15(23-9-13)18(20,21)22/h2-9H,1H3,(H2,24,25,26,28). The second kappa shape index (κ2) is 8.31. The van der Waals surface area contributed by atoms with Crippen LogP contribution in [0.25, 0.3) is 0 Å². The van der Waals surface area contributed by atoms with Crippen molar-refractivity contribution in [2.45, 2.75) is 13.1 Å². The molecule has 0 atom stereocenters. The van der Waals surface area contributed by atoms with Crippen LogP contribution in [0.3, 0.4) is 0 Å². The van der Waals surface area contributed by atoms with Gasteiger partial charge >= 0.3 is 6.18 Å². The van der Waals surface area contributed by atoms with Crippen LogP contribution in [-0.4, -0.2) is 22.0 Å². The zero-order chi connectivity index (χ0) is 21.0. The minimum absolute atomic E-state index is 0.0614. The average Bonchev–Trinajstić information content (AvgIpc) is 3.08. The normalized spacial score (nSPS) is 12.0. The van der Waals surface area contributed by atoms with E-state index in [-0.39, 0.29) is 17.4 Å². The quantitative estimate of drug-likeness (QED) is 0.475. The number of carbonyl (C=O) groups excluding carboxylic acids is 1. The van der Waals surface area contributed by atoms with E-state index in [9.17, 15) is 18.0 Å². The van der Waals surface area contributed by atoms with E-state index in [1.54, 1.807) is 31.2 Å². The molecule has 0 fully saturated rings. The number of amides is 1. The van der Waals surface area contributed by atoms with E-state index in [1.165, 1.54) is 6.07 Å². The lowest BCUT2D eigenvalue weighted by Crippen LogP contribution is -2.35. The van der Waals surface area contributed by atoms with Gasteiger partial charge < -0.3 is 9.84 Å². The second-order valence-corrected chi connectivity index (χ2v) is 6.22. The summed E-state index contributed by atoms with van der Waals surface area (Å²) in [6, 6.07) is 9.85. The van der Waals surface area contributed by atoms with Crippen LogP contribution in [0.15, 0.2) is 58.2 Å². The van der Waals surface area contributed by atoms with Crippen LogP contribution in [0, 0.1) is 6.92 Å². The number of carbonyl (C=O) groups is 1. The lowest BCUT2D eigenvalue weighted by atomic mass is 10.3. The zero-order valence-electron chi connectivity index (χ0n) is 14.8. The van der Waals surface area contributed by atoms with Crippen molar-refractivity contribution in [3.8, 4) is 0 Å². The molecule has 1 amide bonds. The number of aromatic nitrogens is 2. The van der Waals surface area contributed by atoms with Gasteiger partial charge in [-0.3, -0.25) is 10.1 Å². The van der Waals surface area contributed by atoms with E-state index in [2.05, 4.69) is 25.8 Å². The number of rotatable bonds is 3. The summed E-state index contributed by atoms with van der Waals surface area (Å²) in [5.74, 6) is -0.791. The molecule has 0 unspecified atom stereocenters. The zero-order valence-corrected chi connectivity index (χ0v) is 15.5. The van der Waals surface area contributed by atoms with Gasteiger partial charge in [-0.2, -0.15) is 13.2 Å². The topological polar surface area (TPSA) is 92.4 Å². The lowest BCUT2D eigenvalue weighted by Gasteiger charge is -2.12. The fraction of sp³-hybridized carbons (Fsp3) is 0.111. The molecule has 0 spiro atoms. The lowest BCUT2D eigenvalue weighted by molar-refractivity contribution is -0.141. The number of halogens is 4. The highest BCUT2D eigenvalue weighted by Gasteiger charge is 2.32. The first-order valence-electron chi connectivity index (χ1n) is 8.10. The first kappa shape index (κ1) is 20.3. The van der Waals surface area contributed by atoms with Crippen molar-refractivity contribution < 1.29 is 22.5 Å². The largest absolute Gasteiger partial charge is 0.433 e. The van der Waals surface area contributed by atoms with Gasteiger partial charge in [0.05, 0.1) is 23.3 Å². The Morgan fingerprint density at radius 3 is 2.59 bits per heavy atom. The molecule has 0 bridgehead atoms. The number of alkyl halides is 3. The molecule has 11 heteroatoms. The van der Waals surface area contributed by atoms with Gasteiger partial charge in [0.1, 0.15) is 5.69 Å². The minimum atomic E-state index is -4.56.